The van der Waals surface area contributed by atoms with Gasteiger partial charge in [-0.05, 0) is 25.5 Å². The molecule has 0 saturated carbocycles. The van der Waals surface area contributed by atoms with E-state index >= 15 is 0 Å². The number of halogens is 1. The average molecular weight is 284 g/mol. The topological polar surface area (TPSA) is 47.7 Å². The van der Waals surface area contributed by atoms with Crippen molar-refractivity contribution in [3.05, 3.63) is 29.6 Å². The molecule has 0 heterocycles. The van der Waals surface area contributed by atoms with Gasteiger partial charge in [-0.1, -0.05) is 12.1 Å². The van der Waals surface area contributed by atoms with Gasteiger partial charge >= 0.3 is 0 Å². The second-order valence-corrected chi connectivity index (χ2v) is 4.48. The zero-order valence-electron chi connectivity index (χ0n) is 12.4. The average Bonchev–Trinajstić information content (AvgIpc) is 2.44. The fourth-order valence-corrected chi connectivity index (χ4v) is 1.91. The highest BCUT2D eigenvalue weighted by molar-refractivity contribution is 5.47. The number of hydrogen-bond acceptors (Lipinski definition) is 4. The van der Waals surface area contributed by atoms with Crippen molar-refractivity contribution in [2.24, 2.45) is 0 Å². The number of ether oxygens (including phenoxy) is 2. The normalized spacial score (nSPS) is 11.2. The van der Waals surface area contributed by atoms with E-state index in [1.54, 1.807) is 6.07 Å². The minimum absolute atomic E-state index is 0.227. The van der Waals surface area contributed by atoms with Gasteiger partial charge in [-0.2, -0.15) is 0 Å². The van der Waals surface area contributed by atoms with E-state index in [0.29, 0.717) is 33.0 Å². The summed E-state index contributed by atoms with van der Waals surface area (Å²) in [7, 11) is 0. The summed E-state index contributed by atoms with van der Waals surface area (Å²) in [5.41, 5.74) is 6.81. The quantitative estimate of drug-likeness (QED) is 0.529. The van der Waals surface area contributed by atoms with Crippen LogP contribution in [0, 0.1) is 5.82 Å². The number of para-hydroxylation sites is 1. The van der Waals surface area contributed by atoms with Crippen molar-refractivity contribution in [3.8, 4) is 0 Å². The van der Waals surface area contributed by atoms with Gasteiger partial charge in [-0.15, -0.1) is 0 Å². The van der Waals surface area contributed by atoms with Gasteiger partial charge in [0.15, 0.2) is 0 Å². The lowest BCUT2D eigenvalue weighted by molar-refractivity contribution is 0.0798. The lowest BCUT2D eigenvalue weighted by Crippen LogP contribution is -2.31. The SMILES string of the molecule is CCOCCN(CCOCC)Cc1cccc(F)c1N. The molecule has 0 saturated heterocycles. The van der Waals surface area contributed by atoms with Crippen LogP contribution in [0.4, 0.5) is 10.1 Å². The molecule has 0 fully saturated rings. The van der Waals surface area contributed by atoms with Crippen molar-refractivity contribution in [1.29, 1.82) is 0 Å². The molecule has 2 N–H and O–H groups in total. The minimum atomic E-state index is -0.364. The summed E-state index contributed by atoms with van der Waals surface area (Å²) in [5, 5.41) is 0. The van der Waals surface area contributed by atoms with Gasteiger partial charge in [0, 0.05) is 32.8 Å². The molecule has 0 unspecified atom stereocenters. The zero-order chi connectivity index (χ0) is 14.8. The van der Waals surface area contributed by atoms with E-state index in [4.69, 9.17) is 15.2 Å². The van der Waals surface area contributed by atoms with Gasteiger partial charge in [0.1, 0.15) is 5.82 Å². The standard InChI is InChI=1S/C15H25FN2O2/c1-3-19-10-8-18(9-11-20-4-2)12-13-6-5-7-14(16)15(13)17/h5-7H,3-4,8-12,17H2,1-2H3. The number of nitrogen functional groups attached to an aromatic ring is 1. The number of nitrogens with zero attached hydrogens (tertiary/aromatic N) is 1. The lowest BCUT2D eigenvalue weighted by atomic mass is 10.1. The number of rotatable bonds is 10. The maximum Gasteiger partial charge on any atom is 0.146 e. The number of anilines is 1. The van der Waals surface area contributed by atoms with Crippen LogP contribution >= 0.6 is 0 Å². The summed E-state index contributed by atoms with van der Waals surface area (Å²) in [6.45, 7) is 8.78. The summed E-state index contributed by atoms with van der Waals surface area (Å²) in [5.74, 6) is -0.364. The third-order valence-corrected chi connectivity index (χ3v) is 3.05. The van der Waals surface area contributed by atoms with Crippen LogP contribution in [0.3, 0.4) is 0 Å². The van der Waals surface area contributed by atoms with E-state index in [1.807, 2.05) is 19.9 Å². The molecule has 1 aromatic rings. The third kappa shape index (κ3) is 5.86. The summed E-state index contributed by atoms with van der Waals surface area (Å²) in [6, 6.07) is 4.92. The van der Waals surface area contributed by atoms with Crippen molar-refractivity contribution < 1.29 is 13.9 Å². The minimum Gasteiger partial charge on any atom is -0.396 e. The molecule has 1 rings (SSSR count). The molecule has 1 aromatic carbocycles. The molecule has 0 amide bonds. The Morgan fingerprint density at radius 3 is 2.25 bits per heavy atom. The van der Waals surface area contributed by atoms with Crippen LogP contribution in [-0.4, -0.2) is 44.4 Å². The van der Waals surface area contributed by atoms with Gasteiger partial charge in [-0.25, -0.2) is 4.39 Å². The second kappa shape index (κ2) is 9.69. The van der Waals surface area contributed by atoms with Gasteiger partial charge in [0.05, 0.1) is 18.9 Å². The number of hydrogen-bond donors (Lipinski definition) is 1. The largest absolute Gasteiger partial charge is 0.396 e. The highest BCUT2D eigenvalue weighted by Gasteiger charge is 2.10. The van der Waals surface area contributed by atoms with E-state index < -0.39 is 0 Å². The maximum absolute atomic E-state index is 13.4. The van der Waals surface area contributed by atoms with Crippen LogP contribution in [0.5, 0.6) is 0 Å². The molecule has 114 valence electrons. The molecule has 0 aliphatic carbocycles. The maximum atomic E-state index is 13.4. The molecular formula is C15H25FN2O2. The van der Waals surface area contributed by atoms with Crippen LogP contribution in [0.1, 0.15) is 19.4 Å². The van der Waals surface area contributed by atoms with Crippen molar-refractivity contribution >= 4 is 5.69 Å². The van der Waals surface area contributed by atoms with E-state index in [-0.39, 0.29) is 11.5 Å². The van der Waals surface area contributed by atoms with E-state index in [0.717, 1.165) is 18.7 Å². The number of nitrogens with two attached hydrogens (primary N) is 1. The van der Waals surface area contributed by atoms with Crippen LogP contribution in [-0.2, 0) is 16.0 Å². The number of benzene rings is 1. The van der Waals surface area contributed by atoms with Crippen LogP contribution in [0.15, 0.2) is 18.2 Å². The van der Waals surface area contributed by atoms with Gasteiger partial charge < -0.3 is 15.2 Å². The molecule has 4 nitrogen and oxygen atoms in total. The molecule has 0 bridgehead atoms. The molecule has 0 atom stereocenters. The first-order valence-corrected chi connectivity index (χ1v) is 7.09. The Hall–Kier alpha value is -1.17. The molecule has 5 heteroatoms. The Labute approximate surface area is 120 Å². The first kappa shape index (κ1) is 16.9. The van der Waals surface area contributed by atoms with E-state index in [1.165, 1.54) is 6.07 Å². The third-order valence-electron chi connectivity index (χ3n) is 3.05. The summed E-state index contributed by atoms with van der Waals surface area (Å²) >= 11 is 0. The summed E-state index contributed by atoms with van der Waals surface area (Å²) < 4.78 is 24.2. The van der Waals surface area contributed by atoms with Crippen molar-refractivity contribution in [3.63, 3.8) is 0 Å². The van der Waals surface area contributed by atoms with Gasteiger partial charge in [-0.3, -0.25) is 4.90 Å². The van der Waals surface area contributed by atoms with Crippen molar-refractivity contribution in [1.82, 2.24) is 4.90 Å². The van der Waals surface area contributed by atoms with E-state index in [9.17, 15) is 4.39 Å². The summed E-state index contributed by atoms with van der Waals surface area (Å²) in [4.78, 5) is 2.16. The van der Waals surface area contributed by atoms with Gasteiger partial charge in [0.25, 0.3) is 0 Å². The van der Waals surface area contributed by atoms with Crippen molar-refractivity contribution in [2.45, 2.75) is 20.4 Å². The van der Waals surface area contributed by atoms with Crippen LogP contribution in [0.2, 0.25) is 0 Å². The highest BCUT2D eigenvalue weighted by Crippen LogP contribution is 2.17. The predicted molar refractivity (Wildman–Crippen MR) is 79.1 cm³/mol. The molecule has 0 spiro atoms. The molecule has 0 radical (unpaired) electrons. The second-order valence-electron chi connectivity index (χ2n) is 4.48. The van der Waals surface area contributed by atoms with Gasteiger partial charge in [0.2, 0.25) is 0 Å². The zero-order valence-corrected chi connectivity index (χ0v) is 12.4. The first-order valence-electron chi connectivity index (χ1n) is 7.09. The predicted octanol–water partition coefficient (Wildman–Crippen LogP) is 2.28. The highest BCUT2D eigenvalue weighted by atomic mass is 19.1. The Balaban J connectivity index is 2.59. The van der Waals surface area contributed by atoms with Crippen molar-refractivity contribution in [2.75, 3.05) is 45.3 Å². The summed E-state index contributed by atoms with van der Waals surface area (Å²) in [6.07, 6.45) is 0. The molecule has 0 aromatic heterocycles. The Kier molecular flexibility index (Phi) is 8.18. The Morgan fingerprint density at radius 2 is 1.70 bits per heavy atom. The fraction of sp³-hybridized carbons (Fsp3) is 0.600. The first-order chi connectivity index (χ1) is 9.69. The smallest absolute Gasteiger partial charge is 0.146 e. The van der Waals surface area contributed by atoms with Crippen LogP contribution in [0.25, 0.3) is 0 Å². The molecule has 20 heavy (non-hydrogen) atoms. The Bertz CT molecular complexity index is 378. The van der Waals surface area contributed by atoms with E-state index in [2.05, 4.69) is 4.90 Å². The monoisotopic (exact) mass is 284 g/mol. The lowest BCUT2D eigenvalue weighted by Gasteiger charge is -2.23. The fourth-order valence-electron chi connectivity index (χ4n) is 1.91. The van der Waals surface area contributed by atoms with Crippen LogP contribution < -0.4 is 5.73 Å². The Morgan fingerprint density at radius 1 is 1.10 bits per heavy atom. The molecule has 0 aliphatic rings. The molecular weight excluding hydrogens is 259 g/mol. The molecule has 0 aliphatic heterocycles.